The van der Waals surface area contributed by atoms with Crippen LogP contribution in [0.4, 0.5) is 18.9 Å². The number of amides is 1. The van der Waals surface area contributed by atoms with Crippen LogP contribution >= 0.6 is 27.7 Å². The van der Waals surface area contributed by atoms with Gasteiger partial charge in [-0.15, -0.1) is 5.10 Å². The maximum atomic E-state index is 12.6. The van der Waals surface area contributed by atoms with Crippen LogP contribution in [0.25, 0.3) is 5.65 Å². The Morgan fingerprint density at radius 3 is 2.68 bits per heavy atom. The van der Waals surface area contributed by atoms with Crippen molar-refractivity contribution in [3.05, 3.63) is 46.8 Å². The minimum Gasteiger partial charge on any atom is -0.325 e. The van der Waals surface area contributed by atoms with Crippen molar-refractivity contribution in [3.8, 4) is 0 Å². The van der Waals surface area contributed by atoms with E-state index in [1.54, 1.807) is 24.3 Å². The number of halogens is 4. The molecule has 1 N–H and O–H groups in total. The first-order valence-corrected chi connectivity index (χ1v) is 8.57. The lowest BCUT2D eigenvalue weighted by molar-refractivity contribution is -0.141. The monoisotopic (exact) mass is 431 g/mol. The van der Waals surface area contributed by atoms with Gasteiger partial charge in [-0.1, -0.05) is 27.7 Å². The van der Waals surface area contributed by atoms with Crippen molar-refractivity contribution in [1.29, 1.82) is 0 Å². The van der Waals surface area contributed by atoms with Crippen molar-refractivity contribution in [2.24, 2.45) is 0 Å². The third-order valence-corrected chi connectivity index (χ3v) is 4.33. The molecule has 25 heavy (non-hydrogen) atoms. The van der Waals surface area contributed by atoms with Gasteiger partial charge in [0, 0.05) is 16.2 Å². The lowest BCUT2D eigenvalue weighted by Gasteiger charge is -2.03. The second-order valence-corrected chi connectivity index (χ2v) is 6.67. The summed E-state index contributed by atoms with van der Waals surface area (Å²) in [6.45, 7) is 0. The van der Waals surface area contributed by atoms with Gasteiger partial charge in [-0.2, -0.15) is 13.2 Å². The molecule has 0 unspecified atom stereocenters. The first-order chi connectivity index (χ1) is 11.8. The number of nitrogens with zero attached hydrogens (tertiary/aromatic N) is 4. The van der Waals surface area contributed by atoms with E-state index >= 15 is 0 Å². The number of alkyl halides is 3. The van der Waals surface area contributed by atoms with E-state index in [4.69, 9.17) is 0 Å². The highest BCUT2D eigenvalue weighted by molar-refractivity contribution is 9.10. The number of hydrogen-bond acceptors (Lipinski definition) is 5. The third-order valence-electron chi connectivity index (χ3n) is 2.96. The number of rotatable bonds is 4. The van der Waals surface area contributed by atoms with Crippen molar-refractivity contribution in [2.45, 2.75) is 11.3 Å². The number of hydrogen-bond donors (Lipinski definition) is 1. The summed E-state index contributed by atoms with van der Waals surface area (Å²) in [6.07, 6.45) is -3.61. The lowest BCUT2D eigenvalue weighted by Crippen LogP contribution is -2.13. The molecule has 0 aliphatic heterocycles. The van der Waals surface area contributed by atoms with Crippen LogP contribution in [0.15, 0.2) is 46.3 Å². The maximum Gasteiger partial charge on any atom is 0.433 e. The zero-order chi connectivity index (χ0) is 18.0. The quantitative estimate of drug-likeness (QED) is 0.638. The fraction of sp³-hybridized carbons (Fsp3) is 0.143. The summed E-state index contributed by atoms with van der Waals surface area (Å²) in [4.78, 5) is 19.2. The second-order valence-electron chi connectivity index (χ2n) is 4.81. The summed E-state index contributed by atoms with van der Waals surface area (Å²) in [5.41, 5.74) is -0.397. The Bertz CT molecular complexity index is 913. The largest absolute Gasteiger partial charge is 0.433 e. The van der Waals surface area contributed by atoms with Gasteiger partial charge < -0.3 is 5.32 Å². The van der Waals surface area contributed by atoms with E-state index in [2.05, 4.69) is 36.3 Å². The summed E-state index contributed by atoms with van der Waals surface area (Å²) < 4.78 is 39.9. The maximum absolute atomic E-state index is 12.6. The van der Waals surface area contributed by atoms with E-state index < -0.39 is 11.9 Å². The summed E-state index contributed by atoms with van der Waals surface area (Å²) in [5, 5.41) is 6.86. The van der Waals surface area contributed by atoms with Gasteiger partial charge in [-0.05, 0) is 24.3 Å². The number of thioether (sulfide) groups is 1. The summed E-state index contributed by atoms with van der Waals surface area (Å²) in [5.74, 6) is -0.257. The molecule has 0 fully saturated rings. The van der Waals surface area contributed by atoms with Gasteiger partial charge in [-0.25, -0.2) is 14.5 Å². The van der Waals surface area contributed by atoms with Gasteiger partial charge in [0.25, 0.3) is 0 Å². The molecule has 3 aromatic rings. The Labute approximate surface area is 152 Å². The number of nitrogens with one attached hydrogen (secondary N) is 1. The molecule has 0 saturated heterocycles. The molecule has 130 valence electrons. The standard InChI is InChI=1S/C14H9BrF3N5OS/c15-8-1-3-9(4-2-8)20-12(24)6-25-13-21-11-5-10(14(16,17)18)19-7-23(11)22-13/h1-5,7H,6H2,(H,20,24). The molecule has 3 rings (SSSR count). The highest BCUT2D eigenvalue weighted by Gasteiger charge is 2.33. The van der Waals surface area contributed by atoms with Crippen molar-refractivity contribution in [1.82, 2.24) is 19.6 Å². The van der Waals surface area contributed by atoms with Crippen molar-refractivity contribution >= 4 is 44.9 Å². The van der Waals surface area contributed by atoms with Gasteiger partial charge in [0.15, 0.2) is 5.65 Å². The van der Waals surface area contributed by atoms with Gasteiger partial charge in [-0.3, -0.25) is 4.79 Å². The molecule has 0 spiro atoms. The Morgan fingerprint density at radius 1 is 1.28 bits per heavy atom. The van der Waals surface area contributed by atoms with E-state index in [-0.39, 0.29) is 22.5 Å². The minimum atomic E-state index is -4.55. The van der Waals surface area contributed by atoms with Crippen LogP contribution < -0.4 is 5.32 Å². The molecule has 0 saturated carbocycles. The molecule has 1 amide bonds. The second kappa shape index (κ2) is 7.00. The third kappa shape index (κ3) is 4.48. The Morgan fingerprint density at radius 2 is 2.00 bits per heavy atom. The van der Waals surface area contributed by atoms with Crippen LogP contribution in [0.2, 0.25) is 0 Å². The molecule has 0 bridgehead atoms. The van der Waals surface area contributed by atoms with E-state index in [1.165, 1.54) is 0 Å². The molecule has 0 atom stereocenters. The predicted octanol–water partition coefficient (Wildman–Crippen LogP) is 3.64. The van der Waals surface area contributed by atoms with E-state index in [0.29, 0.717) is 5.69 Å². The highest BCUT2D eigenvalue weighted by atomic mass is 79.9. The fourth-order valence-electron chi connectivity index (χ4n) is 1.85. The average molecular weight is 432 g/mol. The van der Waals surface area contributed by atoms with Crippen LogP contribution in [0.5, 0.6) is 0 Å². The molecule has 11 heteroatoms. The van der Waals surface area contributed by atoms with Gasteiger partial charge in [0.2, 0.25) is 11.1 Å². The van der Waals surface area contributed by atoms with E-state index in [0.717, 1.165) is 33.1 Å². The molecular formula is C14H9BrF3N5OS. The zero-order valence-corrected chi connectivity index (χ0v) is 14.7. The number of carbonyl (C=O) groups excluding carboxylic acids is 1. The molecule has 0 aliphatic rings. The van der Waals surface area contributed by atoms with Crippen LogP contribution in [-0.4, -0.2) is 31.2 Å². The number of aromatic nitrogens is 4. The Hall–Kier alpha value is -2.14. The summed E-state index contributed by atoms with van der Waals surface area (Å²) in [7, 11) is 0. The molecule has 0 aliphatic carbocycles. The first kappa shape index (κ1) is 17.7. The first-order valence-electron chi connectivity index (χ1n) is 6.79. The van der Waals surface area contributed by atoms with Crippen LogP contribution in [0, 0.1) is 0 Å². The molecule has 1 aromatic carbocycles. The number of fused-ring (bicyclic) bond motifs is 1. The van der Waals surface area contributed by atoms with Crippen LogP contribution in [-0.2, 0) is 11.0 Å². The Kier molecular flexibility index (Phi) is 4.95. The molecular weight excluding hydrogens is 423 g/mol. The van der Waals surface area contributed by atoms with Crippen LogP contribution in [0.3, 0.4) is 0 Å². The Balaban J connectivity index is 1.64. The SMILES string of the molecule is O=C(CSc1nc2cc(C(F)(F)F)ncn2n1)Nc1ccc(Br)cc1. The highest BCUT2D eigenvalue weighted by Crippen LogP contribution is 2.28. The summed E-state index contributed by atoms with van der Waals surface area (Å²) >= 11 is 4.31. The van der Waals surface area contributed by atoms with Gasteiger partial charge >= 0.3 is 6.18 Å². The number of benzene rings is 1. The topological polar surface area (TPSA) is 72.2 Å². The van der Waals surface area contributed by atoms with Gasteiger partial charge in [0.1, 0.15) is 12.0 Å². The molecule has 2 heterocycles. The van der Waals surface area contributed by atoms with E-state index in [9.17, 15) is 18.0 Å². The number of anilines is 1. The molecule has 2 aromatic heterocycles. The predicted molar refractivity (Wildman–Crippen MR) is 89.3 cm³/mol. The summed E-state index contributed by atoms with van der Waals surface area (Å²) in [6, 6.07) is 7.86. The molecule has 6 nitrogen and oxygen atoms in total. The van der Waals surface area contributed by atoms with Gasteiger partial charge in [0.05, 0.1) is 5.75 Å². The molecule has 0 radical (unpaired) electrons. The van der Waals surface area contributed by atoms with Crippen molar-refractivity contribution < 1.29 is 18.0 Å². The number of carbonyl (C=O) groups is 1. The van der Waals surface area contributed by atoms with E-state index in [1.807, 2.05) is 0 Å². The smallest absolute Gasteiger partial charge is 0.325 e. The lowest BCUT2D eigenvalue weighted by atomic mass is 10.3. The normalized spacial score (nSPS) is 11.7. The minimum absolute atomic E-state index is 0.0122. The fourth-order valence-corrected chi connectivity index (χ4v) is 2.75. The van der Waals surface area contributed by atoms with Crippen LogP contribution in [0.1, 0.15) is 5.69 Å². The van der Waals surface area contributed by atoms with Crippen molar-refractivity contribution in [3.63, 3.8) is 0 Å². The van der Waals surface area contributed by atoms with Crippen molar-refractivity contribution in [2.75, 3.05) is 11.1 Å². The zero-order valence-electron chi connectivity index (χ0n) is 12.3. The average Bonchev–Trinajstić information content (AvgIpc) is 2.96.